The molecule has 0 rings (SSSR count). The zero-order valence-electron chi connectivity index (χ0n) is 5.72. The van der Waals surface area contributed by atoms with Crippen LogP contribution in [0, 0.1) is 0 Å². The standard InChI is InChI=1S/C6H14N2/c1-3-4-5-6-8-7-2/h3-6H2,1-2H3/b8-7-. The van der Waals surface area contributed by atoms with E-state index in [2.05, 4.69) is 17.2 Å². The molecule has 0 aliphatic rings. The van der Waals surface area contributed by atoms with E-state index in [4.69, 9.17) is 0 Å². The van der Waals surface area contributed by atoms with Gasteiger partial charge in [0.15, 0.2) is 0 Å². The predicted molar refractivity (Wildman–Crippen MR) is 35.2 cm³/mol. The van der Waals surface area contributed by atoms with E-state index >= 15 is 0 Å². The van der Waals surface area contributed by atoms with Crippen LogP contribution < -0.4 is 0 Å². The van der Waals surface area contributed by atoms with Crippen molar-refractivity contribution in [3.63, 3.8) is 0 Å². The van der Waals surface area contributed by atoms with Gasteiger partial charge in [0.2, 0.25) is 0 Å². The summed E-state index contributed by atoms with van der Waals surface area (Å²) in [6.45, 7) is 3.09. The molecule has 0 aliphatic carbocycles. The molecule has 0 bridgehead atoms. The average molecular weight is 114 g/mol. The third-order valence-corrected chi connectivity index (χ3v) is 1.00. The van der Waals surface area contributed by atoms with Crippen LogP contribution in [0.4, 0.5) is 0 Å². The fourth-order valence-electron chi connectivity index (χ4n) is 0.533. The lowest BCUT2D eigenvalue weighted by molar-refractivity contribution is 0.710. The van der Waals surface area contributed by atoms with E-state index in [-0.39, 0.29) is 0 Å². The topological polar surface area (TPSA) is 24.7 Å². The Morgan fingerprint density at radius 3 is 2.50 bits per heavy atom. The van der Waals surface area contributed by atoms with E-state index < -0.39 is 0 Å². The summed E-state index contributed by atoms with van der Waals surface area (Å²) >= 11 is 0. The number of nitrogens with zero attached hydrogens (tertiary/aromatic N) is 2. The monoisotopic (exact) mass is 114 g/mol. The molecular formula is C6H14N2. The Morgan fingerprint density at radius 2 is 2.00 bits per heavy atom. The van der Waals surface area contributed by atoms with Crippen molar-refractivity contribution in [2.75, 3.05) is 13.6 Å². The van der Waals surface area contributed by atoms with E-state index in [1.165, 1.54) is 19.3 Å². The lowest BCUT2D eigenvalue weighted by atomic mass is 10.3. The molecule has 0 saturated heterocycles. The quantitative estimate of drug-likeness (QED) is 0.395. The Kier molecular flexibility index (Phi) is 6.27. The first-order valence-corrected chi connectivity index (χ1v) is 3.17. The number of rotatable bonds is 4. The predicted octanol–water partition coefficient (Wildman–Crippen LogP) is 2.26. The first kappa shape index (κ1) is 7.60. The van der Waals surface area contributed by atoms with Crippen molar-refractivity contribution in [2.24, 2.45) is 10.2 Å². The van der Waals surface area contributed by atoms with Crippen LogP contribution >= 0.6 is 0 Å². The molecule has 48 valence electrons. The summed E-state index contributed by atoms with van der Waals surface area (Å²) < 4.78 is 0. The van der Waals surface area contributed by atoms with Crippen LogP contribution in [-0.2, 0) is 0 Å². The smallest absolute Gasteiger partial charge is 0.0598 e. The second-order valence-corrected chi connectivity index (χ2v) is 1.77. The summed E-state index contributed by atoms with van der Waals surface area (Å²) in [4.78, 5) is 0. The fraction of sp³-hybridized carbons (Fsp3) is 1.00. The van der Waals surface area contributed by atoms with Gasteiger partial charge >= 0.3 is 0 Å². The Hall–Kier alpha value is -0.400. The maximum absolute atomic E-state index is 3.83. The van der Waals surface area contributed by atoms with Gasteiger partial charge in [0, 0.05) is 7.05 Å². The van der Waals surface area contributed by atoms with Crippen LogP contribution in [0.2, 0.25) is 0 Å². The molecule has 2 nitrogen and oxygen atoms in total. The lowest BCUT2D eigenvalue weighted by Gasteiger charge is -1.88. The molecule has 0 aromatic rings. The first-order valence-electron chi connectivity index (χ1n) is 3.17. The summed E-state index contributed by atoms with van der Waals surface area (Å²) in [5.74, 6) is 0. The van der Waals surface area contributed by atoms with Gasteiger partial charge in [-0.15, -0.1) is 0 Å². The van der Waals surface area contributed by atoms with Crippen molar-refractivity contribution < 1.29 is 0 Å². The number of hydrogen-bond donors (Lipinski definition) is 0. The van der Waals surface area contributed by atoms with Gasteiger partial charge in [-0.3, -0.25) is 0 Å². The molecule has 0 amide bonds. The zero-order valence-corrected chi connectivity index (χ0v) is 5.72. The minimum atomic E-state index is 0.907. The van der Waals surface area contributed by atoms with E-state index in [9.17, 15) is 0 Å². The second-order valence-electron chi connectivity index (χ2n) is 1.77. The maximum atomic E-state index is 3.83. The van der Waals surface area contributed by atoms with Crippen molar-refractivity contribution in [1.82, 2.24) is 0 Å². The van der Waals surface area contributed by atoms with Gasteiger partial charge in [0.05, 0.1) is 6.54 Å². The van der Waals surface area contributed by atoms with E-state index in [1.54, 1.807) is 7.05 Å². The van der Waals surface area contributed by atoms with Crippen molar-refractivity contribution in [2.45, 2.75) is 26.2 Å². The summed E-state index contributed by atoms with van der Waals surface area (Å²) in [5, 5.41) is 7.47. The second kappa shape index (κ2) is 6.60. The highest BCUT2D eigenvalue weighted by Gasteiger charge is 1.79. The largest absolute Gasteiger partial charge is 0.198 e. The minimum Gasteiger partial charge on any atom is -0.198 e. The SMILES string of the molecule is CCCCC/N=N\C. The Bertz CT molecular complexity index is 59.5. The number of unbranched alkanes of at least 4 members (excludes halogenated alkanes) is 2. The molecule has 0 aliphatic heterocycles. The van der Waals surface area contributed by atoms with E-state index in [0.717, 1.165) is 6.54 Å². The van der Waals surface area contributed by atoms with Gasteiger partial charge in [0.1, 0.15) is 0 Å². The molecule has 0 radical (unpaired) electrons. The summed E-state index contributed by atoms with van der Waals surface area (Å²) in [5.41, 5.74) is 0. The Balaban J connectivity index is 2.72. The average Bonchev–Trinajstić information content (AvgIpc) is 1.81. The van der Waals surface area contributed by atoms with Gasteiger partial charge in [0.25, 0.3) is 0 Å². The highest BCUT2D eigenvalue weighted by Crippen LogP contribution is 1.92. The summed E-state index contributed by atoms with van der Waals surface area (Å²) in [6, 6.07) is 0. The van der Waals surface area contributed by atoms with Crippen LogP contribution in [0.3, 0.4) is 0 Å². The van der Waals surface area contributed by atoms with Crippen molar-refractivity contribution >= 4 is 0 Å². The van der Waals surface area contributed by atoms with Crippen molar-refractivity contribution in [1.29, 1.82) is 0 Å². The molecule has 0 spiro atoms. The molecule has 2 heteroatoms. The molecule has 0 aromatic carbocycles. The van der Waals surface area contributed by atoms with E-state index in [0.29, 0.717) is 0 Å². The zero-order chi connectivity index (χ0) is 6.24. The van der Waals surface area contributed by atoms with Crippen LogP contribution in [-0.4, -0.2) is 13.6 Å². The van der Waals surface area contributed by atoms with Crippen molar-refractivity contribution in [3.8, 4) is 0 Å². The Labute approximate surface area is 51.0 Å². The van der Waals surface area contributed by atoms with Crippen molar-refractivity contribution in [3.05, 3.63) is 0 Å². The first-order chi connectivity index (χ1) is 3.91. The molecule has 8 heavy (non-hydrogen) atoms. The van der Waals surface area contributed by atoms with Gasteiger partial charge in [-0.2, -0.15) is 10.2 Å². The molecule has 0 unspecified atom stereocenters. The van der Waals surface area contributed by atoms with Crippen LogP contribution in [0.1, 0.15) is 26.2 Å². The fourth-order valence-corrected chi connectivity index (χ4v) is 0.533. The number of hydrogen-bond acceptors (Lipinski definition) is 2. The normalized spacial score (nSPS) is 10.8. The Morgan fingerprint density at radius 1 is 1.25 bits per heavy atom. The van der Waals surface area contributed by atoms with Gasteiger partial charge < -0.3 is 0 Å². The lowest BCUT2D eigenvalue weighted by Crippen LogP contribution is -1.77. The van der Waals surface area contributed by atoms with Crippen LogP contribution in [0.5, 0.6) is 0 Å². The van der Waals surface area contributed by atoms with Gasteiger partial charge in [-0.25, -0.2) is 0 Å². The molecule has 0 atom stereocenters. The molecule has 0 heterocycles. The maximum Gasteiger partial charge on any atom is 0.0598 e. The van der Waals surface area contributed by atoms with Crippen LogP contribution in [0.15, 0.2) is 10.2 Å². The van der Waals surface area contributed by atoms with Crippen LogP contribution in [0.25, 0.3) is 0 Å². The van der Waals surface area contributed by atoms with Gasteiger partial charge in [-0.05, 0) is 6.42 Å². The summed E-state index contributed by atoms with van der Waals surface area (Å²) in [6.07, 6.45) is 3.73. The molecule has 0 aromatic heterocycles. The highest BCUT2D eigenvalue weighted by molar-refractivity contribution is 4.39. The third-order valence-electron chi connectivity index (χ3n) is 1.00. The third kappa shape index (κ3) is 5.60. The molecular weight excluding hydrogens is 100 g/mol. The van der Waals surface area contributed by atoms with E-state index in [1.807, 2.05) is 0 Å². The summed E-state index contributed by atoms with van der Waals surface area (Å²) in [7, 11) is 1.71. The number of azo groups is 1. The molecule has 0 saturated carbocycles. The highest BCUT2D eigenvalue weighted by atomic mass is 15.1. The molecule has 0 N–H and O–H groups in total. The van der Waals surface area contributed by atoms with Gasteiger partial charge in [-0.1, -0.05) is 19.8 Å². The molecule has 0 fully saturated rings. The minimum absolute atomic E-state index is 0.907.